The second-order valence-corrected chi connectivity index (χ2v) is 5.29. The zero-order valence-corrected chi connectivity index (χ0v) is 10.1. The van der Waals surface area contributed by atoms with Crippen LogP contribution < -0.4 is 0 Å². The van der Waals surface area contributed by atoms with Gasteiger partial charge in [0.05, 0.1) is 10.3 Å². The Balaban J connectivity index is 2.61. The second kappa shape index (κ2) is 4.77. The number of carbonyl (C=O) groups excluding carboxylic acids is 1. The summed E-state index contributed by atoms with van der Waals surface area (Å²) in [6, 6.07) is 4.05. The Bertz CT molecular complexity index is 298. The summed E-state index contributed by atoms with van der Waals surface area (Å²) in [5, 5.41) is 0. The van der Waals surface area contributed by atoms with Gasteiger partial charge in [0.1, 0.15) is 0 Å². The Morgan fingerprint density at radius 3 is 2.69 bits per heavy atom. The summed E-state index contributed by atoms with van der Waals surface area (Å²) in [6.07, 6.45) is 0. The molecule has 1 rings (SSSR count). The van der Waals surface area contributed by atoms with Gasteiger partial charge in [0.25, 0.3) is 0 Å². The van der Waals surface area contributed by atoms with E-state index < -0.39 is 0 Å². The normalized spacial score (nSPS) is 10.1. The van der Waals surface area contributed by atoms with Gasteiger partial charge in [-0.1, -0.05) is 0 Å². The minimum atomic E-state index is 0.132. The lowest BCUT2D eigenvalue weighted by Crippen LogP contribution is -2.27. The summed E-state index contributed by atoms with van der Waals surface area (Å²) in [7, 11) is 0. The molecule has 1 aromatic rings. The highest BCUT2D eigenvalue weighted by atomic mass is 79.9. The Morgan fingerprint density at radius 2 is 2.31 bits per heavy atom. The first-order valence-corrected chi connectivity index (χ1v) is 5.74. The van der Waals surface area contributed by atoms with Crippen LogP contribution in [0.3, 0.4) is 0 Å². The molecule has 0 spiro atoms. The Kier molecular flexibility index (Phi) is 3.93. The second-order valence-electron chi connectivity index (χ2n) is 2.74. The average Bonchev–Trinajstić information content (AvgIpc) is 2.46. The molecule has 0 bridgehead atoms. The third-order valence-corrected chi connectivity index (χ3v) is 3.41. The minimum absolute atomic E-state index is 0.132. The molecule has 1 heterocycles. The summed E-state index contributed by atoms with van der Waals surface area (Å²) in [5.41, 5.74) is 0. The van der Waals surface area contributed by atoms with E-state index in [9.17, 15) is 4.79 Å². The lowest BCUT2D eigenvalue weighted by Gasteiger charge is -2.17. The van der Waals surface area contributed by atoms with E-state index in [1.807, 2.05) is 24.0 Å². The van der Waals surface area contributed by atoms with Gasteiger partial charge in [0.2, 0.25) is 5.91 Å². The molecule has 0 saturated carbocycles. The fourth-order valence-corrected chi connectivity index (χ4v) is 2.57. The molecule has 13 heavy (non-hydrogen) atoms. The molecular formula is C9H12BrNOS. The lowest BCUT2D eigenvalue weighted by molar-refractivity contribution is -0.129. The zero-order valence-electron chi connectivity index (χ0n) is 7.71. The molecule has 0 N–H and O–H groups in total. The first kappa shape index (κ1) is 10.7. The van der Waals surface area contributed by atoms with Crippen molar-refractivity contribution < 1.29 is 4.79 Å². The van der Waals surface area contributed by atoms with Gasteiger partial charge in [-0.05, 0) is 35.0 Å². The highest BCUT2D eigenvalue weighted by Gasteiger charge is 2.07. The monoisotopic (exact) mass is 261 g/mol. The molecule has 0 aliphatic heterocycles. The van der Waals surface area contributed by atoms with Crippen molar-refractivity contribution in [1.82, 2.24) is 4.90 Å². The highest BCUT2D eigenvalue weighted by Crippen LogP contribution is 2.23. The summed E-state index contributed by atoms with van der Waals surface area (Å²) in [6.45, 7) is 5.09. The smallest absolute Gasteiger partial charge is 0.219 e. The van der Waals surface area contributed by atoms with E-state index in [-0.39, 0.29) is 5.91 Å². The number of thiophene rings is 1. The maximum Gasteiger partial charge on any atom is 0.219 e. The number of halogens is 1. The highest BCUT2D eigenvalue weighted by molar-refractivity contribution is 9.11. The number of hydrogen-bond donors (Lipinski definition) is 0. The lowest BCUT2D eigenvalue weighted by atomic mass is 10.4. The molecule has 1 aromatic heterocycles. The Hall–Kier alpha value is -0.350. The van der Waals surface area contributed by atoms with Crippen LogP contribution in [0.5, 0.6) is 0 Å². The zero-order chi connectivity index (χ0) is 9.84. The van der Waals surface area contributed by atoms with Gasteiger partial charge in [-0.2, -0.15) is 0 Å². The van der Waals surface area contributed by atoms with Crippen molar-refractivity contribution in [2.45, 2.75) is 20.4 Å². The SMILES string of the molecule is CCN(Cc1ccc(Br)s1)C(C)=O. The van der Waals surface area contributed by atoms with Crippen LogP contribution in [0.25, 0.3) is 0 Å². The van der Waals surface area contributed by atoms with E-state index >= 15 is 0 Å². The van der Waals surface area contributed by atoms with Gasteiger partial charge in [-0.15, -0.1) is 11.3 Å². The molecule has 1 amide bonds. The van der Waals surface area contributed by atoms with Crippen molar-refractivity contribution >= 4 is 33.2 Å². The van der Waals surface area contributed by atoms with Gasteiger partial charge >= 0.3 is 0 Å². The molecule has 0 fully saturated rings. The van der Waals surface area contributed by atoms with Crippen LogP contribution in [0, 0.1) is 0 Å². The third kappa shape index (κ3) is 3.12. The van der Waals surface area contributed by atoms with E-state index in [0.29, 0.717) is 0 Å². The van der Waals surface area contributed by atoms with Crippen LogP contribution >= 0.6 is 27.3 Å². The number of rotatable bonds is 3. The quantitative estimate of drug-likeness (QED) is 0.820. The number of amides is 1. The molecule has 0 aliphatic carbocycles. The van der Waals surface area contributed by atoms with Crippen molar-refractivity contribution in [1.29, 1.82) is 0 Å². The van der Waals surface area contributed by atoms with Crippen molar-refractivity contribution in [3.63, 3.8) is 0 Å². The van der Waals surface area contributed by atoms with Gasteiger partial charge < -0.3 is 4.90 Å². The largest absolute Gasteiger partial charge is 0.338 e. The molecule has 0 saturated heterocycles. The molecule has 72 valence electrons. The maximum absolute atomic E-state index is 11.1. The van der Waals surface area contributed by atoms with E-state index in [0.717, 1.165) is 16.9 Å². The van der Waals surface area contributed by atoms with E-state index in [1.54, 1.807) is 18.3 Å². The molecule has 0 radical (unpaired) electrons. The first-order valence-electron chi connectivity index (χ1n) is 4.13. The van der Waals surface area contributed by atoms with Crippen molar-refractivity contribution in [2.24, 2.45) is 0 Å². The van der Waals surface area contributed by atoms with Crippen molar-refractivity contribution in [3.05, 3.63) is 20.8 Å². The Morgan fingerprint density at radius 1 is 1.62 bits per heavy atom. The van der Waals surface area contributed by atoms with Crippen LogP contribution in [0.15, 0.2) is 15.9 Å². The first-order chi connectivity index (χ1) is 6.13. The summed E-state index contributed by atoms with van der Waals surface area (Å²) >= 11 is 5.07. The van der Waals surface area contributed by atoms with Gasteiger partial charge in [0.15, 0.2) is 0 Å². The van der Waals surface area contributed by atoms with Crippen molar-refractivity contribution in [2.75, 3.05) is 6.54 Å². The van der Waals surface area contributed by atoms with Crippen LogP contribution in [-0.2, 0) is 11.3 Å². The standard InChI is InChI=1S/C9H12BrNOS/c1-3-11(7(2)12)6-8-4-5-9(10)13-8/h4-5H,3,6H2,1-2H3. The van der Waals surface area contributed by atoms with E-state index in [1.165, 1.54) is 4.88 Å². The topological polar surface area (TPSA) is 20.3 Å². The average molecular weight is 262 g/mol. The van der Waals surface area contributed by atoms with E-state index in [2.05, 4.69) is 15.9 Å². The van der Waals surface area contributed by atoms with Gasteiger partial charge in [-0.3, -0.25) is 4.79 Å². The fourth-order valence-electron chi connectivity index (χ4n) is 1.07. The molecule has 0 aliphatic rings. The number of carbonyl (C=O) groups is 1. The Labute approximate surface area is 90.7 Å². The van der Waals surface area contributed by atoms with Crippen molar-refractivity contribution in [3.8, 4) is 0 Å². The molecular weight excluding hydrogens is 250 g/mol. The van der Waals surface area contributed by atoms with Gasteiger partial charge in [-0.25, -0.2) is 0 Å². The molecule has 0 aromatic carbocycles. The third-order valence-electron chi connectivity index (χ3n) is 1.80. The number of nitrogens with zero attached hydrogens (tertiary/aromatic N) is 1. The molecule has 2 nitrogen and oxygen atoms in total. The maximum atomic E-state index is 11.1. The predicted octanol–water partition coefficient (Wildman–Crippen LogP) is 2.88. The number of hydrogen-bond acceptors (Lipinski definition) is 2. The molecule has 4 heteroatoms. The fraction of sp³-hybridized carbons (Fsp3) is 0.444. The van der Waals surface area contributed by atoms with Gasteiger partial charge in [0, 0.05) is 18.3 Å². The summed E-state index contributed by atoms with van der Waals surface area (Å²) in [5.74, 6) is 0.132. The van der Waals surface area contributed by atoms with Crippen LogP contribution in [0.1, 0.15) is 18.7 Å². The minimum Gasteiger partial charge on any atom is -0.338 e. The van der Waals surface area contributed by atoms with E-state index in [4.69, 9.17) is 0 Å². The summed E-state index contributed by atoms with van der Waals surface area (Å²) in [4.78, 5) is 14.1. The molecule has 0 unspecified atom stereocenters. The van der Waals surface area contributed by atoms with Crippen LogP contribution in [-0.4, -0.2) is 17.4 Å². The molecule has 0 atom stereocenters. The predicted molar refractivity (Wildman–Crippen MR) is 58.8 cm³/mol. The summed E-state index contributed by atoms with van der Waals surface area (Å²) < 4.78 is 1.11. The van der Waals surface area contributed by atoms with Crippen LogP contribution in [0.4, 0.5) is 0 Å². The van der Waals surface area contributed by atoms with Crippen LogP contribution in [0.2, 0.25) is 0 Å².